The van der Waals surface area contributed by atoms with E-state index in [4.69, 9.17) is 18.9 Å². The first-order valence-electron chi connectivity index (χ1n) is 10.3. The molecule has 26 heavy (non-hydrogen) atoms. The lowest BCUT2D eigenvalue weighted by Crippen LogP contribution is -2.32. The van der Waals surface area contributed by atoms with E-state index in [1.54, 1.807) is 7.11 Å². The van der Waals surface area contributed by atoms with Crippen LogP contribution in [0.3, 0.4) is 0 Å². The van der Waals surface area contributed by atoms with Crippen LogP contribution in [0.4, 0.5) is 0 Å². The fraction of sp³-hybridized carbons (Fsp3) is 0.818. The maximum Gasteiger partial charge on any atom is 0.0829 e. The van der Waals surface area contributed by atoms with Gasteiger partial charge in [0.15, 0.2) is 0 Å². The summed E-state index contributed by atoms with van der Waals surface area (Å²) in [5.41, 5.74) is 2.48. The van der Waals surface area contributed by atoms with Gasteiger partial charge < -0.3 is 18.9 Å². The molecule has 3 aliphatic heterocycles. The molecule has 0 bridgehead atoms. The topological polar surface area (TPSA) is 36.9 Å². The zero-order valence-electron chi connectivity index (χ0n) is 16.7. The van der Waals surface area contributed by atoms with Crippen molar-refractivity contribution < 1.29 is 18.9 Å². The van der Waals surface area contributed by atoms with Crippen LogP contribution in [0.2, 0.25) is 0 Å². The molecule has 0 radical (unpaired) electrons. The maximum absolute atomic E-state index is 6.29. The number of hydrogen-bond donors (Lipinski definition) is 0. The fourth-order valence-corrected chi connectivity index (χ4v) is 4.55. The maximum atomic E-state index is 6.29. The van der Waals surface area contributed by atoms with Crippen molar-refractivity contribution in [1.29, 1.82) is 0 Å². The molecular formula is C22H36O4. The molecular weight excluding hydrogens is 328 g/mol. The van der Waals surface area contributed by atoms with E-state index in [1.807, 2.05) is 0 Å². The second kappa shape index (κ2) is 9.01. The molecule has 3 aliphatic rings. The molecule has 3 fully saturated rings. The minimum Gasteiger partial charge on any atom is -0.379 e. The minimum absolute atomic E-state index is 0.173. The summed E-state index contributed by atoms with van der Waals surface area (Å²) in [6, 6.07) is 0. The van der Waals surface area contributed by atoms with Crippen molar-refractivity contribution in [3.8, 4) is 0 Å². The van der Waals surface area contributed by atoms with Gasteiger partial charge in [0.1, 0.15) is 0 Å². The Labute approximate surface area is 158 Å². The van der Waals surface area contributed by atoms with E-state index < -0.39 is 0 Å². The van der Waals surface area contributed by atoms with Gasteiger partial charge in [-0.2, -0.15) is 0 Å². The number of rotatable bonds is 7. The van der Waals surface area contributed by atoms with Gasteiger partial charge in [0.05, 0.1) is 43.2 Å². The van der Waals surface area contributed by atoms with Crippen LogP contribution in [0.15, 0.2) is 24.3 Å². The van der Waals surface area contributed by atoms with E-state index in [9.17, 15) is 0 Å². The van der Waals surface area contributed by atoms with Gasteiger partial charge in [0.2, 0.25) is 0 Å². The summed E-state index contributed by atoms with van der Waals surface area (Å²) in [5.74, 6) is 0.548. The van der Waals surface area contributed by atoms with Crippen molar-refractivity contribution in [3.05, 3.63) is 24.3 Å². The lowest BCUT2D eigenvalue weighted by Gasteiger charge is -2.34. The molecule has 0 spiro atoms. The second-order valence-corrected chi connectivity index (χ2v) is 8.42. The fourth-order valence-electron chi connectivity index (χ4n) is 4.55. The molecule has 0 N–H and O–H groups in total. The van der Waals surface area contributed by atoms with Gasteiger partial charge in [-0.05, 0) is 62.5 Å². The lowest BCUT2D eigenvalue weighted by molar-refractivity contribution is -0.0378. The van der Waals surface area contributed by atoms with Crippen molar-refractivity contribution in [2.45, 2.75) is 95.4 Å². The average molecular weight is 365 g/mol. The van der Waals surface area contributed by atoms with E-state index in [1.165, 1.54) is 11.1 Å². The Balaban J connectivity index is 1.37. The molecule has 0 amide bonds. The predicted molar refractivity (Wildman–Crippen MR) is 103 cm³/mol. The Morgan fingerprint density at radius 3 is 2.38 bits per heavy atom. The lowest BCUT2D eigenvalue weighted by atomic mass is 9.87. The molecule has 3 saturated heterocycles. The quantitative estimate of drug-likeness (QED) is 0.626. The molecule has 0 aromatic heterocycles. The summed E-state index contributed by atoms with van der Waals surface area (Å²) >= 11 is 0. The minimum atomic E-state index is 0.173. The highest BCUT2D eigenvalue weighted by Crippen LogP contribution is 2.35. The van der Waals surface area contributed by atoms with E-state index in [0.717, 1.165) is 51.6 Å². The van der Waals surface area contributed by atoms with Crippen molar-refractivity contribution >= 4 is 0 Å². The molecule has 4 nitrogen and oxygen atoms in total. The molecule has 0 aromatic rings. The summed E-state index contributed by atoms with van der Waals surface area (Å²) in [5, 5.41) is 0. The zero-order chi connectivity index (χ0) is 18.7. The summed E-state index contributed by atoms with van der Waals surface area (Å²) < 4.78 is 23.6. The molecule has 7 atom stereocenters. The smallest absolute Gasteiger partial charge is 0.0829 e. The third kappa shape index (κ3) is 4.98. The third-order valence-electron chi connectivity index (χ3n) is 6.41. The van der Waals surface area contributed by atoms with E-state index in [0.29, 0.717) is 24.2 Å². The van der Waals surface area contributed by atoms with E-state index in [-0.39, 0.29) is 18.3 Å². The molecule has 0 aromatic carbocycles. The first-order chi connectivity index (χ1) is 12.5. The van der Waals surface area contributed by atoms with Crippen molar-refractivity contribution in [3.63, 3.8) is 0 Å². The standard InChI is InChI=1S/C22H36O4/c1-14-10-19(25-17(4)16(14)3)8-9-22-15(2)11-20(26-22)7-6-18-12-21(23-5)13-24-18/h14,17-22H,2-3,6-13H2,1,4-5H3/t14-,17-,18-,19+,20+,21-,22+/m1/s1. The van der Waals surface area contributed by atoms with Crippen LogP contribution in [-0.2, 0) is 18.9 Å². The largest absolute Gasteiger partial charge is 0.379 e. The van der Waals surface area contributed by atoms with Crippen LogP contribution in [0.5, 0.6) is 0 Å². The Kier molecular flexibility index (Phi) is 6.95. The van der Waals surface area contributed by atoms with Crippen molar-refractivity contribution in [1.82, 2.24) is 0 Å². The van der Waals surface area contributed by atoms with Gasteiger partial charge in [0, 0.05) is 13.5 Å². The van der Waals surface area contributed by atoms with Crippen LogP contribution in [0.25, 0.3) is 0 Å². The summed E-state index contributed by atoms with van der Waals surface area (Å²) in [4.78, 5) is 0. The monoisotopic (exact) mass is 364 g/mol. The van der Waals surface area contributed by atoms with Gasteiger partial charge in [-0.3, -0.25) is 0 Å². The van der Waals surface area contributed by atoms with Gasteiger partial charge in [-0.15, -0.1) is 0 Å². The molecule has 3 rings (SSSR count). The molecule has 0 saturated carbocycles. The summed E-state index contributed by atoms with van der Waals surface area (Å²) in [7, 11) is 1.76. The summed E-state index contributed by atoms with van der Waals surface area (Å²) in [6.07, 6.45) is 8.78. The number of methoxy groups -OCH3 is 1. The SMILES string of the molecule is C=C1C[C@H](CC[C@@H]2C[C@@H](OC)CO2)O[C@H]1CC[C@H]1C[C@@H](C)C(=C)[C@@H](C)O1. The van der Waals surface area contributed by atoms with E-state index in [2.05, 4.69) is 27.0 Å². The van der Waals surface area contributed by atoms with E-state index >= 15 is 0 Å². The molecule has 4 heteroatoms. The van der Waals surface area contributed by atoms with Crippen LogP contribution in [0, 0.1) is 5.92 Å². The van der Waals surface area contributed by atoms with Crippen LogP contribution in [-0.4, -0.2) is 50.3 Å². The Bertz CT molecular complexity index is 488. The number of ether oxygens (including phenoxy) is 4. The molecule has 0 aliphatic carbocycles. The van der Waals surface area contributed by atoms with Gasteiger partial charge in [-0.25, -0.2) is 0 Å². The molecule has 0 unspecified atom stereocenters. The normalized spacial score (nSPS) is 41.1. The predicted octanol–water partition coefficient (Wildman–Crippen LogP) is 4.43. The highest BCUT2D eigenvalue weighted by atomic mass is 16.5. The highest BCUT2D eigenvalue weighted by molar-refractivity contribution is 5.11. The zero-order valence-corrected chi connectivity index (χ0v) is 16.7. The van der Waals surface area contributed by atoms with Crippen LogP contribution < -0.4 is 0 Å². The first-order valence-corrected chi connectivity index (χ1v) is 10.3. The average Bonchev–Trinajstić information content (AvgIpc) is 3.22. The Hall–Kier alpha value is -0.680. The highest BCUT2D eigenvalue weighted by Gasteiger charge is 2.33. The van der Waals surface area contributed by atoms with Crippen molar-refractivity contribution in [2.75, 3.05) is 13.7 Å². The second-order valence-electron chi connectivity index (χ2n) is 8.42. The summed E-state index contributed by atoms with van der Waals surface area (Å²) in [6.45, 7) is 13.5. The Morgan fingerprint density at radius 2 is 1.69 bits per heavy atom. The van der Waals surface area contributed by atoms with Crippen molar-refractivity contribution in [2.24, 2.45) is 5.92 Å². The molecule has 3 heterocycles. The Morgan fingerprint density at radius 1 is 0.962 bits per heavy atom. The first kappa shape index (κ1) is 20.1. The van der Waals surface area contributed by atoms with Crippen LogP contribution >= 0.6 is 0 Å². The third-order valence-corrected chi connectivity index (χ3v) is 6.41. The number of hydrogen-bond acceptors (Lipinski definition) is 4. The van der Waals surface area contributed by atoms with Gasteiger partial charge in [0.25, 0.3) is 0 Å². The van der Waals surface area contributed by atoms with Gasteiger partial charge >= 0.3 is 0 Å². The van der Waals surface area contributed by atoms with Gasteiger partial charge in [-0.1, -0.05) is 20.1 Å². The van der Waals surface area contributed by atoms with Crippen LogP contribution in [0.1, 0.15) is 58.8 Å². The molecule has 148 valence electrons.